The van der Waals surface area contributed by atoms with Crippen LogP contribution < -0.4 is 0 Å². The zero-order valence-electron chi connectivity index (χ0n) is 11.0. The van der Waals surface area contributed by atoms with Crippen molar-refractivity contribution in [1.29, 1.82) is 0 Å². The molecule has 1 aromatic rings. The Morgan fingerprint density at radius 2 is 1.75 bits per heavy atom. The van der Waals surface area contributed by atoms with Gasteiger partial charge in [-0.1, -0.05) is 42.5 Å². The summed E-state index contributed by atoms with van der Waals surface area (Å²) in [6, 6.07) is 17.4. The second-order valence-corrected chi connectivity index (χ2v) is 4.80. The van der Waals surface area contributed by atoms with Gasteiger partial charge in [-0.25, -0.2) is 0 Å². The molecule has 100 valence electrons. The van der Waals surface area contributed by atoms with Gasteiger partial charge in [0.2, 0.25) is 0 Å². The smallest absolute Gasteiger partial charge is 0.313 e. The van der Waals surface area contributed by atoms with E-state index in [1.54, 1.807) is 6.92 Å². The Kier molecular flexibility index (Phi) is 3.03. The summed E-state index contributed by atoms with van der Waals surface area (Å²) < 4.78 is 5.83. The van der Waals surface area contributed by atoms with E-state index in [-0.39, 0.29) is 0 Å². The minimum atomic E-state index is -0.892. The van der Waals surface area contributed by atoms with Gasteiger partial charge in [0.15, 0.2) is 0 Å². The van der Waals surface area contributed by atoms with Crippen LogP contribution in [0.4, 0.5) is 0 Å². The van der Waals surface area contributed by atoms with Gasteiger partial charge in [0.25, 0.3) is 0 Å². The predicted octanol–water partition coefficient (Wildman–Crippen LogP) is 4.24. The van der Waals surface area contributed by atoms with Crippen LogP contribution in [0.1, 0.15) is 18.6 Å². The summed E-state index contributed by atoms with van der Waals surface area (Å²) in [5.41, 5.74) is 2.77. The van der Waals surface area contributed by atoms with Crippen molar-refractivity contribution in [3.63, 3.8) is 0 Å². The topological polar surface area (TPSA) is 50.4 Å². The molecule has 0 fully saturated rings. The number of benzene rings is 1. The molecule has 0 saturated heterocycles. The van der Waals surface area contributed by atoms with Crippen molar-refractivity contribution in [2.75, 3.05) is 0 Å². The van der Waals surface area contributed by atoms with Crippen molar-refractivity contribution in [3.8, 4) is 22.5 Å². The molecule has 20 heavy (non-hydrogen) atoms. The van der Waals surface area contributed by atoms with E-state index in [2.05, 4.69) is 0 Å². The van der Waals surface area contributed by atoms with E-state index < -0.39 is 11.9 Å². The molecular formula is C17H14O3. The molecule has 1 aliphatic heterocycles. The number of aliphatic carboxylic acids is 1. The third-order valence-electron chi connectivity index (χ3n) is 3.44. The van der Waals surface area contributed by atoms with Crippen LogP contribution in [0, 0.1) is 0 Å². The van der Waals surface area contributed by atoms with Crippen molar-refractivity contribution in [1.82, 2.24) is 0 Å². The number of carboxylic acids is 1. The van der Waals surface area contributed by atoms with Crippen molar-refractivity contribution >= 4 is 5.97 Å². The number of carboxylic acid groups (broad SMARTS) is 1. The monoisotopic (exact) mass is 266 g/mol. The van der Waals surface area contributed by atoms with Gasteiger partial charge in [0, 0.05) is 11.1 Å². The fraction of sp³-hybridized carbons (Fsp3) is 0.118. The first kappa shape index (κ1) is 12.5. The molecule has 1 N–H and O–H groups in total. The van der Waals surface area contributed by atoms with E-state index in [4.69, 9.17) is 4.42 Å². The van der Waals surface area contributed by atoms with Crippen molar-refractivity contribution in [3.05, 3.63) is 60.4 Å². The Labute approximate surface area is 116 Å². The van der Waals surface area contributed by atoms with E-state index >= 15 is 0 Å². The molecule has 3 heteroatoms. The zero-order valence-corrected chi connectivity index (χ0v) is 11.0. The molecule has 0 radical (unpaired) electrons. The van der Waals surface area contributed by atoms with Crippen molar-refractivity contribution in [2.45, 2.75) is 12.8 Å². The van der Waals surface area contributed by atoms with Gasteiger partial charge in [-0.15, -0.1) is 0 Å². The van der Waals surface area contributed by atoms with Crippen LogP contribution in [0.15, 0.2) is 59.0 Å². The molecule has 1 heterocycles. The van der Waals surface area contributed by atoms with Gasteiger partial charge in [-0.3, -0.25) is 4.79 Å². The van der Waals surface area contributed by atoms with E-state index in [0.717, 1.165) is 16.7 Å². The molecule has 0 aromatic heterocycles. The number of hydrogen-bond donors (Lipinski definition) is 1. The summed E-state index contributed by atoms with van der Waals surface area (Å²) in [4.78, 5) is 11.3. The normalized spacial score (nSPS) is 12.4. The largest absolute Gasteiger partial charge is 0.481 e. The second-order valence-electron chi connectivity index (χ2n) is 4.80. The van der Waals surface area contributed by atoms with Crippen LogP contribution in [0.3, 0.4) is 0 Å². The first-order chi connectivity index (χ1) is 9.66. The number of carbonyl (C=O) groups is 1. The standard InChI is InChI=1S/C17H14O3/c1-11(17(18)19)16-14(12-6-3-2-4-7-12)10-13-8-5-9-15(13)20-16/h2-11H,1H3,(H,18,19). The van der Waals surface area contributed by atoms with Gasteiger partial charge in [0.05, 0.1) is 0 Å². The fourth-order valence-electron chi connectivity index (χ4n) is 2.31. The predicted molar refractivity (Wildman–Crippen MR) is 76.8 cm³/mol. The molecular weight excluding hydrogens is 252 g/mol. The van der Waals surface area contributed by atoms with E-state index in [1.165, 1.54) is 0 Å². The molecule has 2 aliphatic rings. The third-order valence-corrected chi connectivity index (χ3v) is 3.44. The summed E-state index contributed by atoms with van der Waals surface area (Å²) in [7, 11) is 0. The molecule has 3 nitrogen and oxygen atoms in total. The molecule has 1 aliphatic carbocycles. The lowest BCUT2D eigenvalue weighted by molar-refractivity contribution is -0.138. The summed E-state index contributed by atoms with van der Waals surface area (Å²) in [6.07, 6.45) is 0. The maximum Gasteiger partial charge on any atom is 0.313 e. The maximum absolute atomic E-state index is 11.3. The fourth-order valence-corrected chi connectivity index (χ4v) is 2.31. The summed E-state index contributed by atoms with van der Waals surface area (Å²) in [5.74, 6) is -0.378. The highest BCUT2D eigenvalue weighted by Crippen LogP contribution is 2.36. The van der Waals surface area contributed by atoms with Gasteiger partial charge in [-0.2, -0.15) is 0 Å². The third kappa shape index (κ3) is 2.07. The van der Waals surface area contributed by atoms with Gasteiger partial charge in [0.1, 0.15) is 17.4 Å². The molecule has 0 saturated carbocycles. The Morgan fingerprint density at radius 1 is 1.05 bits per heavy atom. The van der Waals surface area contributed by atoms with Crippen LogP contribution in [0.25, 0.3) is 22.5 Å². The first-order valence-corrected chi connectivity index (χ1v) is 6.47. The summed E-state index contributed by atoms with van der Waals surface area (Å²) >= 11 is 0. The van der Waals surface area contributed by atoms with E-state index in [1.807, 2.05) is 54.6 Å². The summed E-state index contributed by atoms with van der Waals surface area (Å²) in [5, 5.41) is 9.27. The van der Waals surface area contributed by atoms with Crippen molar-refractivity contribution < 1.29 is 14.3 Å². The Balaban J connectivity index is 2.26. The number of hydrogen-bond acceptors (Lipinski definition) is 2. The molecule has 0 bridgehead atoms. The lowest BCUT2D eigenvalue weighted by Crippen LogP contribution is -2.09. The minimum Gasteiger partial charge on any atom is -0.481 e. The zero-order chi connectivity index (χ0) is 14.1. The molecule has 1 aromatic carbocycles. The quantitative estimate of drug-likeness (QED) is 0.771. The molecule has 0 spiro atoms. The first-order valence-electron chi connectivity index (χ1n) is 6.47. The summed E-state index contributed by atoms with van der Waals surface area (Å²) in [6.45, 7) is 1.64. The minimum absolute atomic E-state index is 0.488. The van der Waals surface area contributed by atoms with E-state index in [9.17, 15) is 9.90 Å². The van der Waals surface area contributed by atoms with Crippen molar-refractivity contribution in [2.24, 2.45) is 0 Å². The van der Waals surface area contributed by atoms with Gasteiger partial charge < -0.3 is 9.52 Å². The second kappa shape index (κ2) is 4.85. The highest BCUT2D eigenvalue weighted by atomic mass is 16.4. The number of fused-ring (bicyclic) bond motifs is 1. The molecule has 0 amide bonds. The average Bonchev–Trinajstić information content (AvgIpc) is 2.93. The molecule has 1 unspecified atom stereocenters. The molecule has 1 atom stereocenters. The van der Waals surface area contributed by atoms with E-state index in [0.29, 0.717) is 11.5 Å². The van der Waals surface area contributed by atoms with Crippen LogP contribution in [0.2, 0.25) is 0 Å². The van der Waals surface area contributed by atoms with Crippen LogP contribution in [0.5, 0.6) is 0 Å². The van der Waals surface area contributed by atoms with Crippen LogP contribution in [-0.2, 0) is 4.79 Å². The van der Waals surface area contributed by atoms with Gasteiger partial charge in [-0.05, 0) is 24.6 Å². The number of rotatable bonds is 3. The Hall–Kier alpha value is -2.55. The van der Waals surface area contributed by atoms with Crippen LogP contribution in [-0.4, -0.2) is 11.1 Å². The average molecular weight is 266 g/mol. The lowest BCUT2D eigenvalue weighted by Gasteiger charge is -2.14. The Bertz CT molecular complexity index is 712. The maximum atomic E-state index is 11.3. The lowest BCUT2D eigenvalue weighted by atomic mass is 9.96. The highest BCUT2D eigenvalue weighted by molar-refractivity contribution is 5.81. The van der Waals surface area contributed by atoms with Crippen LogP contribution >= 0.6 is 0 Å². The molecule has 3 rings (SSSR count). The van der Waals surface area contributed by atoms with Gasteiger partial charge >= 0.3 is 5.97 Å². The SMILES string of the molecule is CC(C(=O)O)c1oc2cccc-2cc1-c1ccccc1. The highest BCUT2D eigenvalue weighted by Gasteiger charge is 2.23. The Morgan fingerprint density at radius 3 is 2.45 bits per heavy atom.